The number of imidazole rings is 1. The van der Waals surface area contributed by atoms with E-state index in [1.807, 2.05) is 18.2 Å². The molecule has 4 nitrogen and oxygen atoms in total. The normalized spacial score (nSPS) is 23.2. The lowest BCUT2D eigenvalue weighted by Gasteiger charge is -2.34. The summed E-state index contributed by atoms with van der Waals surface area (Å²) in [6.07, 6.45) is 3.80. The number of nitrogens with zero attached hydrogens (tertiary/aromatic N) is 1. The number of hydrogen-bond acceptors (Lipinski definition) is 3. The molecule has 3 N–H and O–H groups in total. The number of anilines is 1. The monoisotopic (exact) mass is 245 g/mol. The third-order valence-electron chi connectivity index (χ3n) is 3.63. The molecule has 0 aliphatic heterocycles. The molecule has 2 aromatic rings. The van der Waals surface area contributed by atoms with Gasteiger partial charge in [0.2, 0.25) is 0 Å². The van der Waals surface area contributed by atoms with Crippen LogP contribution in [0.1, 0.15) is 25.6 Å². The van der Waals surface area contributed by atoms with Gasteiger partial charge in [-0.15, -0.1) is 0 Å². The highest BCUT2D eigenvalue weighted by molar-refractivity contribution is 5.78. The topological polar surface area (TPSA) is 63.9 Å². The summed E-state index contributed by atoms with van der Waals surface area (Å²) < 4.78 is 5.57. The molecule has 96 valence electrons. The molecule has 0 spiro atoms. The van der Waals surface area contributed by atoms with Crippen molar-refractivity contribution in [2.75, 3.05) is 12.3 Å². The molecule has 3 rings (SSSR count). The smallest absolute Gasteiger partial charge is 0.107 e. The Balaban J connectivity index is 1.65. The summed E-state index contributed by atoms with van der Waals surface area (Å²) in [6.45, 7) is 2.87. The van der Waals surface area contributed by atoms with Crippen molar-refractivity contribution in [3.8, 4) is 0 Å². The standard InChI is InChI=1S/C14H19N3O/c1-2-18-11-5-9(6-11)7-14-16-12-4-3-10(15)8-13(12)17-14/h3-4,8-9,11H,2,5-7,15H2,1H3,(H,16,17). The molecule has 0 atom stereocenters. The molecule has 0 bridgehead atoms. The number of H-pyrrole nitrogens is 1. The molecular weight excluding hydrogens is 226 g/mol. The highest BCUT2D eigenvalue weighted by Crippen LogP contribution is 2.32. The van der Waals surface area contributed by atoms with Crippen LogP contribution in [0.2, 0.25) is 0 Å². The van der Waals surface area contributed by atoms with E-state index in [9.17, 15) is 0 Å². The van der Waals surface area contributed by atoms with Gasteiger partial charge < -0.3 is 15.5 Å². The van der Waals surface area contributed by atoms with Crippen LogP contribution in [-0.4, -0.2) is 22.7 Å². The van der Waals surface area contributed by atoms with Crippen LogP contribution >= 0.6 is 0 Å². The Kier molecular flexibility index (Phi) is 2.96. The van der Waals surface area contributed by atoms with Crippen molar-refractivity contribution in [3.05, 3.63) is 24.0 Å². The zero-order valence-corrected chi connectivity index (χ0v) is 10.6. The molecule has 18 heavy (non-hydrogen) atoms. The van der Waals surface area contributed by atoms with Crippen molar-refractivity contribution in [2.45, 2.75) is 32.3 Å². The number of nitrogens with one attached hydrogen (secondary N) is 1. The lowest BCUT2D eigenvalue weighted by Crippen LogP contribution is -2.32. The van der Waals surface area contributed by atoms with Gasteiger partial charge in [0.25, 0.3) is 0 Å². The third-order valence-corrected chi connectivity index (χ3v) is 3.63. The molecule has 0 amide bonds. The van der Waals surface area contributed by atoms with Gasteiger partial charge >= 0.3 is 0 Å². The minimum absolute atomic E-state index is 0.472. The predicted octanol–water partition coefficient (Wildman–Crippen LogP) is 2.50. The van der Waals surface area contributed by atoms with Crippen molar-refractivity contribution in [2.24, 2.45) is 5.92 Å². The molecule has 4 heteroatoms. The second-order valence-electron chi connectivity index (χ2n) is 5.08. The van der Waals surface area contributed by atoms with Gasteiger partial charge in [0.1, 0.15) is 5.82 Å². The van der Waals surface area contributed by atoms with Gasteiger partial charge in [-0.05, 0) is 43.9 Å². The van der Waals surface area contributed by atoms with Crippen LogP contribution in [0.3, 0.4) is 0 Å². The maximum atomic E-state index is 5.76. The number of aromatic nitrogens is 2. The van der Waals surface area contributed by atoms with Crippen LogP contribution in [0.5, 0.6) is 0 Å². The summed E-state index contributed by atoms with van der Waals surface area (Å²) in [5.41, 5.74) is 8.57. The van der Waals surface area contributed by atoms with E-state index in [0.29, 0.717) is 12.0 Å². The fourth-order valence-electron chi connectivity index (χ4n) is 2.66. The van der Waals surface area contributed by atoms with E-state index in [0.717, 1.165) is 48.4 Å². The minimum atomic E-state index is 0.472. The summed E-state index contributed by atoms with van der Waals surface area (Å²) in [5, 5.41) is 0. The second-order valence-corrected chi connectivity index (χ2v) is 5.08. The second kappa shape index (κ2) is 4.61. The van der Waals surface area contributed by atoms with Crippen molar-refractivity contribution in [1.82, 2.24) is 9.97 Å². The molecule has 1 aromatic carbocycles. The van der Waals surface area contributed by atoms with E-state index >= 15 is 0 Å². The van der Waals surface area contributed by atoms with Crippen LogP contribution < -0.4 is 5.73 Å². The highest BCUT2D eigenvalue weighted by Gasteiger charge is 2.30. The minimum Gasteiger partial charge on any atom is -0.399 e. The summed E-state index contributed by atoms with van der Waals surface area (Å²) in [6, 6.07) is 5.80. The lowest BCUT2D eigenvalue weighted by molar-refractivity contribution is -0.0244. The van der Waals surface area contributed by atoms with Gasteiger partial charge in [0, 0.05) is 18.7 Å². The predicted molar refractivity (Wildman–Crippen MR) is 72.3 cm³/mol. The van der Waals surface area contributed by atoms with Gasteiger partial charge in [-0.25, -0.2) is 4.98 Å². The first kappa shape index (κ1) is 11.5. The highest BCUT2D eigenvalue weighted by atomic mass is 16.5. The van der Waals surface area contributed by atoms with E-state index in [-0.39, 0.29) is 0 Å². The van der Waals surface area contributed by atoms with Crippen molar-refractivity contribution < 1.29 is 4.74 Å². The van der Waals surface area contributed by atoms with E-state index in [1.54, 1.807) is 0 Å². The number of ether oxygens (including phenoxy) is 1. The maximum Gasteiger partial charge on any atom is 0.107 e. The lowest BCUT2D eigenvalue weighted by atomic mass is 9.80. The van der Waals surface area contributed by atoms with Crippen LogP contribution in [-0.2, 0) is 11.2 Å². The van der Waals surface area contributed by atoms with Crippen molar-refractivity contribution >= 4 is 16.7 Å². The number of nitrogen functional groups attached to an aromatic ring is 1. The van der Waals surface area contributed by atoms with Crippen LogP contribution in [0.4, 0.5) is 5.69 Å². The molecule has 1 aliphatic rings. The van der Waals surface area contributed by atoms with E-state index in [2.05, 4.69) is 16.9 Å². The van der Waals surface area contributed by atoms with Crippen LogP contribution in [0.15, 0.2) is 18.2 Å². The van der Waals surface area contributed by atoms with Gasteiger partial charge in [-0.3, -0.25) is 0 Å². The Morgan fingerprint density at radius 2 is 2.28 bits per heavy atom. The van der Waals surface area contributed by atoms with Gasteiger partial charge in [-0.1, -0.05) is 0 Å². The van der Waals surface area contributed by atoms with Crippen LogP contribution in [0, 0.1) is 5.92 Å². The van der Waals surface area contributed by atoms with E-state index in [4.69, 9.17) is 10.5 Å². The first-order chi connectivity index (χ1) is 8.74. The maximum absolute atomic E-state index is 5.76. The SMILES string of the molecule is CCOC1CC(Cc2nc3ccc(N)cc3[nH]2)C1. The summed E-state index contributed by atoms with van der Waals surface area (Å²) in [5.74, 6) is 1.77. The van der Waals surface area contributed by atoms with Gasteiger partial charge in [0.15, 0.2) is 0 Å². The quantitative estimate of drug-likeness (QED) is 0.813. The van der Waals surface area contributed by atoms with Crippen molar-refractivity contribution in [3.63, 3.8) is 0 Å². The number of fused-ring (bicyclic) bond motifs is 1. The molecule has 1 heterocycles. The largest absolute Gasteiger partial charge is 0.399 e. The molecule has 1 fully saturated rings. The Morgan fingerprint density at radius 1 is 1.44 bits per heavy atom. The Morgan fingerprint density at radius 3 is 3.06 bits per heavy atom. The molecule has 0 saturated heterocycles. The number of hydrogen-bond donors (Lipinski definition) is 2. The Bertz CT molecular complexity index is 543. The number of benzene rings is 1. The zero-order valence-electron chi connectivity index (χ0n) is 10.6. The number of rotatable bonds is 4. The average molecular weight is 245 g/mol. The summed E-state index contributed by atoms with van der Waals surface area (Å²) >= 11 is 0. The average Bonchev–Trinajstić information content (AvgIpc) is 2.68. The number of nitrogens with two attached hydrogens (primary N) is 1. The molecule has 1 saturated carbocycles. The third kappa shape index (κ3) is 2.20. The first-order valence-corrected chi connectivity index (χ1v) is 6.60. The fourth-order valence-corrected chi connectivity index (χ4v) is 2.66. The summed E-state index contributed by atoms with van der Waals surface area (Å²) in [7, 11) is 0. The van der Waals surface area contributed by atoms with Crippen molar-refractivity contribution in [1.29, 1.82) is 0 Å². The Labute approximate surface area is 107 Å². The van der Waals surface area contributed by atoms with E-state index in [1.165, 1.54) is 0 Å². The van der Waals surface area contributed by atoms with Gasteiger partial charge in [-0.2, -0.15) is 0 Å². The molecular formula is C14H19N3O. The van der Waals surface area contributed by atoms with E-state index < -0.39 is 0 Å². The zero-order chi connectivity index (χ0) is 12.5. The molecule has 0 unspecified atom stereocenters. The first-order valence-electron chi connectivity index (χ1n) is 6.60. The number of aromatic amines is 1. The summed E-state index contributed by atoms with van der Waals surface area (Å²) in [4.78, 5) is 7.95. The molecule has 1 aliphatic carbocycles. The Hall–Kier alpha value is -1.55. The van der Waals surface area contributed by atoms with Gasteiger partial charge in [0.05, 0.1) is 17.1 Å². The molecule has 0 radical (unpaired) electrons. The van der Waals surface area contributed by atoms with Crippen LogP contribution in [0.25, 0.3) is 11.0 Å². The molecule has 1 aromatic heterocycles. The fraction of sp³-hybridized carbons (Fsp3) is 0.500.